The quantitative estimate of drug-likeness (QED) is 0.857. The second kappa shape index (κ2) is 6.61. The molecular formula is C15H22N2O3. The number of ether oxygens (including phenoxy) is 1. The molecule has 1 heterocycles. The van der Waals surface area contributed by atoms with Gasteiger partial charge in [-0.15, -0.1) is 0 Å². The molecule has 0 aliphatic carbocycles. The number of nitrogens with two attached hydrogens (primary N) is 1. The minimum absolute atomic E-state index is 0.0964. The van der Waals surface area contributed by atoms with E-state index in [9.17, 15) is 4.79 Å². The fraction of sp³-hybridized carbons (Fsp3) is 0.533. The maximum Gasteiger partial charge on any atom is 0.308 e. The first-order valence-corrected chi connectivity index (χ1v) is 7.06. The Morgan fingerprint density at radius 2 is 2.10 bits per heavy atom. The van der Waals surface area contributed by atoms with Crippen molar-refractivity contribution in [3.05, 3.63) is 24.3 Å². The van der Waals surface area contributed by atoms with Crippen molar-refractivity contribution in [2.24, 2.45) is 11.7 Å². The van der Waals surface area contributed by atoms with Gasteiger partial charge in [0.15, 0.2) is 0 Å². The van der Waals surface area contributed by atoms with E-state index in [1.807, 2.05) is 29.2 Å². The molecule has 5 heteroatoms. The number of carbonyl (C=O) groups is 1. The molecular weight excluding hydrogens is 256 g/mol. The molecule has 3 N–H and O–H groups in total. The summed E-state index contributed by atoms with van der Waals surface area (Å²) in [5, 5.41) is 9.16. The third-order valence-corrected chi connectivity index (χ3v) is 3.51. The maximum atomic E-state index is 11.1. The molecule has 0 saturated carbocycles. The number of piperidine rings is 1. The maximum absolute atomic E-state index is 11.1. The summed E-state index contributed by atoms with van der Waals surface area (Å²) in [6.45, 7) is 3.97. The van der Waals surface area contributed by atoms with Crippen LogP contribution in [0.4, 0.5) is 5.69 Å². The average Bonchev–Trinajstić information content (AvgIpc) is 2.45. The molecule has 0 aromatic heterocycles. The number of aliphatic carboxylic acids is 1. The number of rotatable bonds is 5. The lowest BCUT2D eigenvalue weighted by molar-refractivity contribution is -0.142. The summed E-state index contributed by atoms with van der Waals surface area (Å²) in [6.07, 6.45) is 1.52. The van der Waals surface area contributed by atoms with Gasteiger partial charge in [-0.2, -0.15) is 0 Å². The number of benzene rings is 1. The van der Waals surface area contributed by atoms with Crippen molar-refractivity contribution in [3.8, 4) is 5.75 Å². The van der Waals surface area contributed by atoms with Crippen LogP contribution in [0.15, 0.2) is 24.3 Å². The second-order valence-corrected chi connectivity index (χ2v) is 5.28. The van der Waals surface area contributed by atoms with E-state index in [0.29, 0.717) is 26.1 Å². The van der Waals surface area contributed by atoms with Gasteiger partial charge in [-0.1, -0.05) is 6.92 Å². The van der Waals surface area contributed by atoms with Crippen molar-refractivity contribution in [1.29, 1.82) is 0 Å². The Bertz CT molecular complexity index is 447. The molecule has 2 unspecified atom stereocenters. The number of carboxylic acid groups (broad SMARTS) is 1. The minimum Gasteiger partial charge on any atom is -0.494 e. The van der Waals surface area contributed by atoms with E-state index in [2.05, 4.69) is 6.92 Å². The smallest absolute Gasteiger partial charge is 0.308 e. The molecule has 5 nitrogen and oxygen atoms in total. The molecule has 1 aliphatic rings. The molecule has 0 bridgehead atoms. The lowest BCUT2D eigenvalue weighted by Crippen LogP contribution is -2.49. The Morgan fingerprint density at radius 3 is 2.70 bits per heavy atom. The van der Waals surface area contributed by atoms with Crippen LogP contribution in [0.5, 0.6) is 5.75 Å². The lowest BCUT2D eigenvalue weighted by Gasteiger charge is -2.36. The summed E-state index contributed by atoms with van der Waals surface area (Å²) >= 11 is 0. The fourth-order valence-electron chi connectivity index (χ4n) is 2.50. The molecule has 0 amide bonds. The van der Waals surface area contributed by atoms with Crippen LogP contribution in [-0.2, 0) is 4.79 Å². The average molecular weight is 278 g/mol. The molecule has 20 heavy (non-hydrogen) atoms. The number of hydrogen-bond donors (Lipinski definition) is 2. The van der Waals surface area contributed by atoms with Gasteiger partial charge in [-0.25, -0.2) is 0 Å². The summed E-state index contributed by atoms with van der Waals surface area (Å²) < 4.78 is 5.54. The lowest BCUT2D eigenvalue weighted by atomic mass is 9.94. The van der Waals surface area contributed by atoms with Gasteiger partial charge in [-0.05, 0) is 37.1 Å². The first-order chi connectivity index (χ1) is 9.60. The zero-order valence-corrected chi connectivity index (χ0v) is 11.8. The van der Waals surface area contributed by atoms with Gasteiger partial charge in [0.2, 0.25) is 0 Å². The Hall–Kier alpha value is -1.75. The van der Waals surface area contributed by atoms with Crippen LogP contribution in [0.3, 0.4) is 0 Å². The Kier molecular flexibility index (Phi) is 4.84. The van der Waals surface area contributed by atoms with Crippen molar-refractivity contribution in [2.75, 3.05) is 24.6 Å². The monoisotopic (exact) mass is 278 g/mol. The number of carboxylic acids is 1. The van der Waals surface area contributed by atoms with Crippen LogP contribution < -0.4 is 15.4 Å². The molecule has 1 saturated heterocycles. The molecule has 2 rings (SSSR count). The van der Waals surface area contributed by atoms with Gasteiger partial charge in [-0.3, -0.25) is 4.79 Å². The van der Waals surface area contributed by atoms with E-state index in [4.69, 9.17) is 15.6 Å². The van der Waals surface area contributed by atoms with E-state index >= 15 is 0 Å². The van der Waals surface area contributed by atoms with Crippen LogP contribution >= 0.6 is 0 Å². The second-order valence-electron chi connectivity index (χ2n) is 5.28. The minimum atomic E-state index is -0.770. The summed E-state index contributed by atoms with van der Waals surface area (Å²) in [5.74, 6) is -0.325. The molecule has 1 aromatic rings. The van der Waals surface area contributed by atoms with Gasteiger partial charge in [0.1, 0.15) is 5.75 Å². The predicted octanol–water partition coefficient (Wildman–Crippen LogP) is 1.71. The third kappa shape index (κ3) is 3.63. The van der Waals surface area contributed by atoms with Crippen molar-refractivity contribution in [2.45, 2.75) is 25.8 Å². The largest absolute Gasteiger partial charge is 0.494 e. The highest BCUT2D eigenvalue weighted by Crippen LogP contribution is 2.25. The van der Waals surface area contributed by atoms with E-state index in [0.717, 1.165) is 17.9 Å². The molecule has 1 aromatic carbocycles. The van der Waals surface area contributed by atoms with E-state index in [-0.39, 0.29) is 6.04 Å². The van der Waals surface area contributed by atoms with Gasteiger partial charge < -0.3 is 20.5 Å². The first kappa shape index (κ1) is 14.7. The van der Waals surface area contributed by atoms with Crippen molar-refractivity contribution >= 4 is 11.7 Å². The Balaban J connectivity index is 2.04. The predicted molar refractivity (Wildman–Crippen MR) is 78.2 cm³/mol. The zero-order chi connectivity index (χ0) is 14.5. The topological polar surface area (TPSA) is 75.8 Å². The Labute approximate surface area is 119 Å². The zero-order valence-electron chi connectivity index (χ0n) is 11.8. The summed E-state index contributed by atoms with van der Waals surface area (Å²) in [7, 11) is 0. The number of anilines is 1. The van der Waals surface area contributed by atoms with Crippen LogP contribution in [0, 0.1) is 5.92 Å². The van der Waals surface area contributed by atoms with Gasteiger partial charge >= 0.3 is 5.97 Å². The van der Waals surface area contributed by atoms with Gasteiger partial charge in [0.05, 0.1) is 12.5 Å². The molecule has 110 valence electrons. The van der Waals surface area contributed by atoms with Gasteiger partial charge in [0, 0.05) is 24.8 Å². The SMILES string of the molecule is CCCOc1ccc(N2CC(N)CC(C(=O)O)C2)cc1. The van der Waals surface area contributed by atoms with Crippen LogP contribution in [0.1, 0.15) is 19.8 Å². The Morgan fingerprint density at radius 1 is 1.40 bits per heavy atom. The number of nitrogens with zero attached hydrogens (tertiary/aromatic N) is 1. The van der Waals surface area contributed by atoms with E-state index < -0.39 is 11.9 Å². The van der Waals surface area contributed by atoms with Crippen molar-refractivity contribution < 1.29 is 14.6 Å². The summed E-state index contributed by atoms with van der Waals surface area (Å²) in [6, 6.07) is 7.66. The van der Waals surface area contributed by atoms with Crippen LogP contribution in [0.2, 0.25) is 0 Å². The third-order valence-electron chi connectivity index (χ3n) is 3.51. The van der Waals surface area contributed by atoms with Crippen molar-refractivity contribution in [1.82, 2.24) is 0 Å². The summed E-state index contributed by atoms with van der Waals surface area (Å²) in [5.41, 5.74) is 6.95. The molecule has 2 atom stereocenters. The summed E-state index contributed by atoms with van der Waals surface area (Å²) in [4.78, 5) is 13.2. The van der Waals surface area contributed by atoms with Gasteiger partial charge in [0.25, 0.3) is 0 Å². The van der Waals surface area contributed by atoms with Crippen LogP contribution in [0.25, 0.3) is 0 Å². The highest BCUT2D eigenvalue weighted by molar-refractivity contribution is 5.71. The molecule has 1 aliphatic heterocycles. The van der Waals surface area contributed by atoms with E-state index in [1.165, 1.54) is 0 Å². The highest BCUT2D eigenvalue weighted by Gasteiger charge is 2.29. The fourth-order valence-corrected chi connectivity index (χ4v) is 2.50. The van der Waals surface area contributed by atoms with E-state index in [1.54, 1.807) is 0 Å². The standard InChI is InChI=1S/C15H22N2O3/c1-2-7-20-14-5-3-13(4-6-14)17-9-11(15(18)19)8-12(16)10-17/h3-6,11-12H,2,7-10,16H2,1H3,(H,18,19). The highest BCUT2D eigenvalue weighted by atomic mass is 16.5. The number of hydrogen-bond acceptors (Lipinski definition) is 4. The normalized spacial score (nSPS) is 22.6. The molecule has 1 fully saturated rings. The van der Waals surface area contributed by atoms with Crippen LogP contribution in [-0.4, -0.2) is 36.8 Å². The molecule has 0 spiro atoms. The first-order valence-electron chi connectivity index (χ1n) is 7.06. The van der Waals surface area contributed by atoms with Crippen molar-refractivity contribution in [3.63, 3.8) is 0 Å². The molecule has 0 radical (unpaired) electrons.